The molecule has 0 aliphatic rings. The van der Waals surface area contributed by atoms with Crippen molar-refractivity contribution in [2.24, 2.45) is 0 Å². The summed E-state index contributed by atoms with van der Waals surface area (Å²) < 4.78 is 24.6. The first-order valence-electron chi connectivity index (χ1n) is 16.7. The third-order valence-electron chi connectivity index (χ3n) is 8.59. The van der Waals surface area contributed by atoms with E-state index in [1.54, 1.807) is 14.2 Å². The third-order valence-corrected chi connectivity index (χ3v) is 8.59. The number of hydrogen-bond acceptors (Lipinski definition) is 7. The van der Waals surface area contributed by atoms with Crippen molar-refractivity contribution in [3.05, 3.63) is 124 Å². The fraction of sp³-hybridized carbons (Fsp3) is 0.390. The van der Waals surface area contributed by atoms with Crippen LogP contribution in [0.2, 0.25) is 0 Å². The van der Waals surface area contributed by atoms with Gasteiger partial charge in [0.05, 0.1) is 34.0 Å². The van der Waals surface area contributed by atoms with Crippen molar-refractivity contribution in [2.75, 3.05) is 20.8 Å². The molecule has 0 aliphatic carbocycles. The van der Waals surface area contributed by atoms with Crippen LogP contribution in [0.1, 0.15) is 91.2 Å². The second-order valence-corrected chi connectivity index (χ2v) is 11.9. The largest absolute Gasteiger partial charge is 1.00 e. The summed E-state index contributed by atoms with van der Waals surface area (Å²) in [6, 6.07) is 30.3. The minimum absolute atomic E-state index is 0. The Morgan fingerprint density at radius 3 is 1.67 bits per heavy atom. The molecule has 4 aromatic carbocycles. The summed E-state index contributed by atoms with van der Waals surface area (Å²) in [5.41, 5.74) is 4.61. The SMILES string of the molecule is COc1ccc(C(OCc2cc(C)cc(CO)c2OCCCCCCCCCC[C-]=O)(c2ccccc2)c2ccc(OC)cc2)cc1.[Li+].[OH-]. The van der Waals surface area contributed by atoms with Gasteiger partial charge in [0.1, 0.15) is 22.8 Å². The van der Waals surface area contributed by atoms with Gasteiger partial charge in [-0.05, 0) is 54.3 Å². The number of benzene rings is 4. The molecule has 49 heavy (non-hydrogen) atoms. The number of hydrogen-bond donors (Lipinski definition) is 1. The van der Waals surface area contributed by atoms with E-state index in [2.05, 4.69) is 18.2 Å². The smallest absolute Gasteiger partial charge is 0.870 e. The number of rotatable bonds is 21. The zero-order valence-electron chi connectivity index (χ0n) is 29.6. The number of methoxy groups -OCH3 is 2. The molecule has 0 amide bonds. The summed E-state index contributed by atoms with van der Waals surface area (Å²) in [4.78, 5) is 10.4. The molecule has 0 heterocycles. The Kier molecular flexibility index (Phi) is 18.9. The van der Waals surface area contributed by atoms with Gasteiger partial charge in [-0.15, -0.1) is 0 Å². The molecule has 4 aromatic rings. The average molecular weight is 662 g/mol. The van der Waals surface area contributed by atoms with Gasteiger partial charge in [-0.2, -0.15) is 6.42 Å². The second kappa shape index (κ2) is 22.2. The molecule has 0 aliphatic heterocycles. The van der Waals surface area contributed by atoms with Gasteiger partial charge in [0.2, 0.25) is 0 Å². The molecule has 0 radical (unpaired) electrons. The van der Waals surface area contributed by atoms with E-state index < -0.39 is 5.60 Å². The molecule has 258 valence electrons. The van der Waals surface area contributed by atoms with E-state index in [1.165, 1.54) is 19.3 Å². The number of ether oxygens (including phenoxy) is 4. The van der Waals surface area contributed by atoms with Gasteiger partial charge in [-0.3, -0.25) is 6.29 Å². The van der Waals surface area contributed by atoms with Crippen molar-refractivity contribution in [2.45, 2.75) is 83.5 Å². The second-order valence-electron chi connectivity index (χ2n) is 11.9. The topological polar surface area (TPSA) is 104 Å². The van der Waals surface area contributed by atoms with Crippen LogP contribution < -0.4 is 33.1 Å². The number of unbranched alkanes of at least 4 members (excludes halogenated alkanes) is 8. The molecule has 8 heteroatoms. The van der Waals surface area contributed by atoms with Crippen molar-refractivity contribution in [1.29, 1.82) is 0 Å². The number of carbonyl (C=O) groups excluding carboxylic acids is 1. The van der Waals surface area contributed by atoms with Gasteiger partial charge >= 0.3 is 18.9 Å². The molecular formula is C41H50LiO7-. The standard InChI is InChI=1S/C41H49O6.Li.H2O/c1-32-28-33(30-43)40(46-27-15-10-8-6-4-5-7-9-14-26-42)34(29-32)31-47-41(35-16-12-11-13-17-35,36-18-22-38(44-2)23-19-36)37-20-24-39(45-3)25-21-37;;/h11-13,16-25,28-29,43H,4-10,14-15,27,30-31H2,1-3H3;;1H2/q-1;+1;/p-1. The number of aryl methyl sites for hydroxylation is 1. The Balaban J connectivity index is 0.00000417. The Bertz CT molecular complexity index is 1440. The first kappa shape index (κ1) is 41.6. The summed E-state index contributed by atoms with van der Waals surface area (Å²) in [5, 5.41) is 10.3. The third kappa shape index (κ3) is 11.5. The van der Waals surface area contributed by atoms with Gasteiger partial charge < -0.3 is 34.3 Å². The van der Waals surface area contributed by atoms with E-state index in [0.29, 0.717) is 18.8 Å². The summed E-state index contributed by atoms with van der Waals surface area (Å²) in [5.74, 6) is 2.22. The minimum Gasteiger partial charge on any atom is -0.870 e. The number of aliphatic hydroxyl groups excluding tert-OH is 1. The van der Waals surface area contributed by atoms with E-state index in [9.17, 15) is 9.90 Å². The predicted molar refractivity (Wildman–Crippen MR) is 189 cm³/mol. The molecular weight excluding hydrogens is 611 g/mol. The van der Waals surface area contributed by atoms with Crippen LogP contribution in [0.25, 0.3) is 0 Å². The average Bonchev–Trinajstić information content (AvgIpc) is 3.12. The maximum absolute atomic E-state index is 10.4. The normalized spacial score (nSPS) is 10.9. The van der Waals surface area contributed by atoms with Gasteiger partial charge in [-0.1, -0.05) is 117 Å². The summed E-state index contributed by atoms with van der Waals surface area (Å²) >= 11 is 0. The Morgan fingerprint density at radius 1 is 0.673 bits per heavy atom. The molecule has 2 N–H and O–H groups in total. The number of aliphatic hydroxyl groups is 1. The van der Waals surface area contributed by atoms with Crippen LogP contribution in [-0.2, 0) is 28.3 Å². The first-order chi connectivity index (χ1) is 23.0. The van der Waals surface area contributed by atoms with Crippen LogP contribution in [0.3, 0.4) is 0 Å². The van der Waals surface area contributed by atoms with E-state index in [4.69, 9.17) is 18.9 Å². The maximum Gasteiger partial charge on any atom is 1.00 e. The molecule has 0 spiro atoms. The monoisotopic (exact) mass is 661 g/mol. The summed E-state index contributed by atoms with van der Waals surface area (Å²) in [6.45, 7) is 2.73. The van der Waals surface area contributed by atoms with Crippen LogP contribution in [0.15, 0.2) is 91.0 Å². The van der Waals surface area contributed by atoms with E-state index in [-0.39, 0.29) is 37.6 Å². The van der Waals surface area contributed by atoms with Crippen LogP contribution >= 0.6 is 0 Å². The quantitative estimate of drug-likeness (QED) is 0.0518. The van der Waals surface area contributed by atoms with Gasteiger partial charge in [-0.25, -0.2) is 0 Å². The van der Waals surface area contributed by atoms with Crippen molar-refractivity contribution in [3.63, 3.8) is 0 Å². The predicted octanol–water partition coefficient (Wildman–Crippen LogP) is 5.84. The van der Waals surface area contributed by atoms with Crippen molar-refractivity contribution >= 4 is 6.29 Å². The zero-order chi connectivity index (χ0) is 33.3. The molecule has 7 nitrogen and oxygen atoms in total. The van der Waals surface area contributed by atoms with Crippen LogP contribution in [0.5, 0.6) is 17.2 Å². The molecule has 0 atom stereocenters. The Hall–Kier alpha value is -3.57. The fourth-order valence-corrected chi connectivity index (χ4v) is 6.13. The van der Waals surface area contributed by atoms with E-state index in [0.717, 1.165) is 77.0 Å². The molecule has 0 bridgehead atoms. The minimum atomic E-state index is -0.967. The fourth-order valence-electron chi connectivity index (χ4n) is 6.13. The molecule has 0 saturated carbocycles. The Labute approximate surface area is 304 Å². The summed E-state index contributed by atoms with van der Waals surface area (Å²) in [6.07, 6.45) is 11.3. The Morgan fingerprint density at radius 2 is 1.16 bits per heavy atom. The van der Waals surface area contributed by atoms with Crippen LogP contribution in [0, 0.1) is 6.92 Å². The van der Waals surface area contributed by atoms with E-state index >= 15 is 0 Å². The van der Waals surface area contributed by atoms with Crippen LogP contribution in [-0.4, -0.2) is 37.7 Å². The van der Waals surface area contributed by atoms with E-state index in [1.807, 2.05) is 86.0 Å². The molecule has 0 aromatic heterocycles. The zero-order valence-corrected chi connectivity index (χ0v) is 29.6. The maximum atomic E-state index is 10.4. The van der Waals surface area contributed by atoms with Gasteiger partial charge in [0.25, 0.3) is 0 Å². The summed E-state index contributed by atoms with van der Waals surface area (Å²) in [7, 11) is 3.33. The first-order valence-corrected chi connectivity index (χ1v) is 16.7. The molecule has 4 rings (SSSR count). The molecule has 0 unspecified atom stereocenters. The van der Waals surface area contributed by atoms with Crippen molar-refractivity contribution < 1.29 is 53.2 Å². The molecule has 0 saturated heterocycles. The van der Waals surface area contributed by atoms with Crippen molar-refractivity contribution in [3.8, 4) is 17.2 Å². The van der Waals surface area contributed by atoms with Crippen LogP contribution in [0.4, 0.5) is 0 Å². The molecule has 0 fully saturated rings. The van der Waals surface area contributed by atoms with Gasteiger partial charge in [0.15, 0.2) is 0 Å². The van der Waals surface area contributed by atoms with Crippen molar-refractivity contribution in [1.82, 2.24) is 0 Å². The van der Waals surface area contributed by atoms with Gasteiger partial charge in [0, 0.05) is 11.1 Å².